The minimum atomic E-state index is -1.95. The molecule has 0 saturated heterocycles. The van der Waals surface area contributed by atoms with Crippen LogP contribution in [0.3, 0.4) is 0 Å². The molecule has 0 amide bonds. The summed E-state index contributed by atoms with van der Waals surface area (Å²) in [6.45, 7) is 56.9. The molecule has 0 N–H and O–H groups in total. The fourth-order valence-electron chi connectivity index (χ4n) is 8.02. The van der Waals surface area contributed by atoms with Gasteiger partial charge in [0.05, 0.1) is 0 Å². The second-order valence-corrected chi connectivity index (χ2v) is 30.1. The van der Waals surface area contributed by atoms with Crippen LogP contribution in [0.1, 0.15) is 211 Å². The SMILES string of the molecule is CC(C)(C)c1ccc(C(C)(C)C)c([Si](O[Si](c2cc(C(C)(C)C)ccc2C(C)(C)C)c2cc(C(C)(C)C)ccc2C(C)(C)C)c2cc(C(C)(C)C)ccc2C(C)(C)C)c1. The fourth-order valence-corrected chi connectivity index (χ4v) is 15.1. The van der Waals surface area contributed by atoms with E-state index >= 15 is 0 Å². The highest BCUT2D eigenvalue weighted by atomic mass is 28.4. The first-order chi connectivity index (χ1) is 26.3. The topological polar surface area (TPSA) is 9.23 Å². The third-order valence-corrected chi connectivity index (χ3v) is 17.2. The van der Waals surface area contributed by atoms with E-state index in [1.165, 1.54) is 65.3 Å². The van der Waals surface area contributed by atoms with Gasteiger partial charge in [-0.05, 0) is 109 Å². The van der Waals surface area contributed by atoms with E-state index in [1.54, 1.807) is 0 Å². The molecule has 4 rings (SSSR count). The second kappa shape index (κ2) is 16.2. The van der Waals surface area contributed by atoms with Gasteiger partial charge in [0.1, 0.15) is 0 Å². The molecule has 0 fully saturated rings. The van der Waals surface area contributed by atoms with Crippen molar-refractivity contribution < 1.29 is 4.12 Å². The van der Waals surface area contributed by atoms with Crippen LogP contribution in [0.4, 0.5) is 0 Å². The Kier molecular flexibility index (Phi) is 13.4. The van der Waals surface area contributed by atoms with Crippen molar-refractivity contribution in [3.63, 3.8) is 0 Å². The van der Waals surface area contributed by atoms with Crippen LogP contribution in [-0.4, -0.2) is 18.1 Å². The van der Waals surface area contributed by atoms with E-state index in [4.69, 9.17) is 4.12 Å². The monoisotopic (exact) mass is 829 g/mol. The summed E-state index contributed by atoms with van der Waals surface area (Å²) in [5, 5.41) is 5.57. The summed E-state index contributed by atoms with van der Waals surface area (Å²) >= 11 is 0. The smallest absolute Gasteiger partial charge is 0.273 e. The van der Waals surface area contributed by atoms with Gasteiger partial charge in [-0.2, -0.15) is 0 Å². The van der Waals surface area contributed by atoms with E-state index in [1.807, 2.05) is 0 Å². The summed E-state index contributed by atoms with van der Waals surface area (Å²) in [6.07, 6.45) is 0. The number of hydrogen-bond acceptors (Lipinski definition) is 1. The minimum Gasteiger partial charge on any atom is -0.442 e. The van der Waals surface area contributed by atoms with Crippen LogP contribution in [0.25, 0.3) is 0 Å². The largest absolute Gasteiger partial charge is 0.442 e. The van der Waals surface area contributed by atoms with Crippen molar-refractivity contribution in [3.8, 4) is 0 Å². The molecule has 0 aliphatic carbocycles. The van der Waals surface area contributed by atoms with Crippen molar-refractivity contribution in [2.45, 2.75) is 209 Å². The lowest BCUT2D eigenvalue weighted by Gasteiger charge is -2.37. The maximum atomic E-state index is 8.61. The first kappa shape index (κ1) is 48.9. The lowest BCUT2D eigenvalue weighted by Crippen LogP contribution is -2.60. The van der Waals surface area contributed by atoms with E-state index in [2.05, 4.69) is 239 Å². The van der Waals surface area contributed by atoms with Gasteiger partial charge in [0.15, 0.2) is 0 Å². The molecule has 3 heteroatoms. The fraction of sp³-hybridized carbons (Fsp3) is 0.571. The van der Waals surface area contributed by atoms with Crippen LogP contribution in [0.15, 0.2) is 72.8 Å². The predicted molar refractivity (Wildman–Crippen MR) is 266 cm³/mol. The van der Waals surface area contributed by atoms with Crippen LogP contribution in [0, 0.1) is 0 Å². The maximum Gasteiger partial charge on any atom is 0.273 e. The lowest BCUT2D eigenvalue weighted by molar-refractivity contribution is 0.566. The molecule has 0 atom stereocenters. The first-order valence-corrected chi connectivity index (χ1v) is 25.2. The Bertz CT molecular complexity index is 1810. The summed E-state index contributed by atoms with van der Waals surface area (Å²) in [6, 6.07) is 29.6. The number of hydrogen-bond donors (Lipinski definition) is 0. The Balaban J connectivity index is 2.39. The normalized spacial score (nSPS) is 14.1. The molecule has 0 bridgehead atoms. The van der Waals surface area contributed by atoms with E-state index in [0.717, 1.165) is 0 Å². The summed E-state index contributed by atoms with van der Waals surface area (Å²) < 4.78 is 8.61. The third-order valence-electron chi connectivity index (χ3n) is 12.0. The molecule has 1 nitrogen and oxygen atoms in total. The second-order valence-electron chi connectivity index (χ2n) is 25.8. The first-order valence-electron chi connectivity index (χ1n) is 22.4. The highest BCUT2D eigenvalue weighted by Crippen LogP contribution is 2.33. The molecule has 0 aromatic heterocycles. The van der Waals surface area contributed by atoms with Crippen LogP contribution in [0.5, 0.6) is 0 Å². The predicted octanol–water partition coefficient (Wildman–Crippen LogP) is 13.0. The van der Waals surface area contributed by atoms with Gasteiger partial charge < -0.3 is 4.12 Å². The van der Waals surface area contributed by atoms with Gasteiger partial charge in [0, 0.05) is 0 Å². The molecule has 322 valence electrons. The van der Waals surface area contributed by atoms with Gasteiger partial charge in [0.2, 0.25) is 0 Å². The van der Waals surface area contributed by atoms with Gasteiger partial charge in [-0.25, -0.2) is 0 Å². The minimum absolute atomic E-state index is 0.0209. The Morgan fingerprint density at radius 2 is 0.424 bits per heavy atom. The molecule has 4 aromatic carbocycles. The molecule has 0 unspecified atom stereocenters. The van der Waals surface area contributed by atoms with Crippen molar-refractivity contribution >= 4 is 38.8 Å². The Morgan fingerprint density at radius 1 is 0.254 bits per heavy atom. The molecule has 2 radical (unpaired) electrons. The van der Waals surface area contributed by atoms with Gasteiger partial charge in [-0.15, -0.1) is 0 Å². The van der Waals surface area contributed by atoms with Crippen molar-refractivity contribution in [1.29, 1.82) is 0 Å². The number of rotatable bonds is 6. The molecule has 0 heterocycles. The summed E-state index contributed by atoms with van der Waals surface area (Å²) in [4.78, 5) is 0. The Labute approximate surface area is 368 Å². The van der Waals surface area contributed by atoms with E-state index in [0.29, 0.717) is 0 Å². The molecular formula is C56H84OSi2. The third kappa shape index (κ3) is 11.4. The standard InChI is InChI=1S/C56H84OSi2/c1-49(2,3)37-25-29-41(53(13,14)15)45(33-37)58(46-34-38(50(4,5)6)26-30-42(46)54(16,17)18)57-59(47-35-39(51(7,8)9)27-31-43(47)55(19,20)21)48-36-40(52(10,11)12)28-32-44(48)56(22,23)24/h25-36H,1-24H3. The molecule has 0 spiro atoms. The molecule has 0 saturated carbocycles. The van der Waals surface area contributed by atoms with Crippen molar-refractivity contribution in [3.05, 3.63) is 117 Å². The van der Waals surface area contributed by atoms with Gasteiger partial charge >= 0.3 is 0 Å². The molecule has 0 aliphatic rings. The average Bonchev–Trinajstić information content (AvgIpc) is 3.04. The van der Waals surface area contributed by atoms with Crippen LogP contribution < -0.4 is 20.7 Å². The molecular weight excluding hydrogens is 745 g/mol. The molecule has 0 aliphatic heterocycles. The van der Waals surface area contributed by atoms with Crippen molar-refractivity contribution in [2.24, 2.45) is 0 Å². The van der Waals surface area contributed by atoms with Crippen LogP contribution in [0.2, 0.25) is 0 Å². The number of benzene rings is 4. The zero-order valence-electron chi connectivity index (χ0n) is 42.3. The van der Waals surface area contributed by atoms with Crippen molar-refractivity contribution in [1.82, 2.24) is 0 Å². The zero-order chi connectivity index (χ0) is 45.3. The summed E-state index contributed by atoms with van der Waals surface area (Å²) in [7, 11) is -3.91. The van der Waals surface area contributed by atoms with Crippen LogP contribution >= 0.6 is 0 Å². The van der Waals surface area contributed by atoms with Crippen LogP contribution in [-0.2, 0) is 47.4 Å². The van der Waals surface area contributed by atoms with Gasteiger partial charge in [-0.1, -0.05) is 239 Å². The maximum absolute atomic E-state index is 8.61. The average molecular weight is 829 g/mol. The highest BCUT2D eigenvalue weighted by Gasteiger charge is 2.40. The lowest BCUT2D eigenvalue weighted by atomic mass is 9.82. The molecule has 4 aromatic rings. The van der Waals surface area contributed by atoms with E-state index < -0.39 is 18.1 Å². The quantitative estimate of drug-likeness (QED) is 0.176. The summed E-state index contributed by atoms with van der Waals surface area (Å²) in [5.74, 6) is 0. The van der Waals surface area contributed by atoms with E-state index in [9.17, 15) is 0 Å². The highest BCUT2D eigenvalue weighted by molar-refractivity contribution is 6.92. The van der Waals surface area contributed by atoms with E-state index in [-0.39, 0.29) is 43.3 Å². The van der Waals surface area contributed by atoms with Crippen molar-refractivity contribution in [2.75, 3.05) is 0 Å². The summed E-state index contributed by atoms with van der Waals surface area (Å²) in [5.41, 5.74) is 10.6. The van der Waals surface area contributed by atoms with Gasteiger partial charge in [0.25, 0.3) is 18.1 Å². The Morgan fingerprint density at radius 3 is 0.559 bits per heavy atom. The molecule has 59 heavy (non-hydrogen) atoms. The Hall–Kier alpha value is -2.73. The van der Waals surface area contributed by atoms with Gasteiger partial charge in [-0.3, -0.25) is 0 Å². The zero-order valence-corrected chi connectivity index (χ0v) is 44.3.